The van der Waals surface area contributed by atoms with Crippen LogP contribution in [0.3, 0.4) is 0 Å². The van der Waals surface area contributed by atoms with Crippen molar-refractivity contribution in [1.82, 2.24) is 4.72 Å². The summed E-state index contributed by atoms with van der Waals surface area (Å²) in [5, 5.41) is 1.74. The molecule has 1 aromatic carbocycles. The van der Waals surface area contributed by atoms with Crippen LogP contribution in [0.4, 0.5) is 4.39 Å². The quantitative estimate of drug-likeness (QED) is 0.798. The minimum absolute atomic E-state index is 0.238. The molecule has 0 unspecified atom stereocenters. The van der Waals surface area contributed by atoms with E-state index in [9.17, 15) is 12.8 Å². The van der Waals surface area contributed by atoms with Gasteiger partial charge in [0.15, 0.2) is 0 Å². The first-order valence-corrected chi connectivity index (χ1v) is 8.72. The highest BCUT2D eigenvalue weighted by Gasteiger charge is 2.13. The topological polar surface area (TPSA) is 46.2 Å². The standard InChI is InChI=1S/C14H16FNO2S2/c15-13-8-6-12(7-9-13)4-1-2-10-16-20(17,18)14-5-3-11-19-14/h3,5-9,11,16H,1-2,4,10H2. The molecular weight excluding hydrogens is 297 g/mol. The fourth-order valence-electron chi connectivity index (χ4n) is 1.80. The molecule has 1 N–H and O–H groups in total. The molecule has 20 heavy (non-hydrogen) atoms. The van der Waals surface area contributed by atoms with Gasteiger partial charge in [-0.25, -0.2) is 17.5 Å². The fraction of sp³-hybridized carbons (Fsp3) is 0.286. The fourth-order valence-corrected chi connectivity index (χ4v) is 3.91. The second-order valence-corrected chi connectivity index (χ2v) is 7.35. The van der Waals surface area contributed by atoms with Gasteiger partial charge in [-0.3, -0.25) is 0 Å². The first-order chi connectivity index (χ1) is 9.58. The van der Waals surface area contributed by atoms with E-state index in [0.717, 1.165) is 24.8 Å². The third-order valence-corrected chi connectivity index (χ3v) is 5.72. The maximum absolute atomic E-state index is 12.7. The van der Waals surface area contributed by atoms with Crippen LogP contribution < -0.4 is 4.72 Å². The van der Waals surface area contributed by atoms with Gasteiger partial charge in [-0.05, 0) is 48.4 Å². The van der Waals surface area contributed by atoms with Crippen LogP contribution in [0.5, 0.6) is 0 Å². The number of rotatable bonds is 7. The average Bonchev–Trinajstić information content (AvgIpc) is 2.95. The summed E-state index contributed by atoms with van der Waals surface area (Å²) in [6, 6.07) is 9.69. The first kappa shape index (κ1) is 15.2. The van der Waals surface area contributed by atoms with Gasteiger partial charge >= 0.3 is 0 Å². The summed E-state index contributed by atoms with van der Waals surface area (Å²) < 4.78 is 39.3. The van der Waals surface area contributed by atoms with E-state index >= 15 is 0 Å². The van der Waals surface area contributed by atoms with Crippen molar-refractivity contribution in [2.75, 3.05) is 6.54 Å². The summed E-state index contributed by atoms with van der Waals surface area (Å²) in [5.74, 6) is -0.238. The molecule has 1 aromatic heterocycles. The molecule has 0 amide bonds. The molecule has 0 spiro atoms. The van der Waals surface area contributed by atoms with Crippen molar-refractivity contribution in [3.8, 4) is 0 Å². The number of sulfonamides is 1. The highest BCUT2D eigenvalue weighted by Crippen LogP contribution is 2.15. The SMILES string of the molecule is O=S(=O)(NCCCCc1ccc(F)cc1)c1cccs1. The average molecular weight is 313 g/mol. The number of benzene rings is 1. The zero-order chi connectivity index (χ0) is 14.4. The molecule has 2 rings (SSSR count). The van der Waals surface area contributed by atoms with E-state index < -0.39 is 10.0 Å². The van der Waals surface area contributed by atoms with Crippen LogP contribution >= 0.6 is 11.3 Å². The Morgan fingerprint density at radius 3 is 2.50 bits per heavy atom. The van der Waals surface area contributed by atoms with Crippen LogP contribution in [0.15, 0.2) is 46.0 Å². The van der Waals surface area contributed by atoms with Crippen molar-refractivity contribution in [3.05, 3.63) is 53.2 Å². The van der Waals surface area contributed by atoms with Gasteiger partial charge in [-0.1, -0.05) is 18.2 Å². The molecule has 0 aliphatic heterocycles. The molecule has 1 heterocycles. The molecule has 0 bridgehead atoms. The number of halogens is 1. The van der Waals surface area contributed by atoms with E-state index in [1.807, 2.05) is 0 Å². The number of hydrogen-bond donors (Lipinski definition) is 1. The Hall–Kier alpha value is -1.24. The third-order valence-electron chi connectivity index (χ3n) is 2.86. The first-order valence-electron chi connectivity index (χ1n) is 6.35. The molecule has 0 aliphatic carbocycles. The van der Waals surface area contributed by atoms with E-state index in [4.69, 9.17) is 0 Å². The largest absolute Gasteiger partial charge is 0.250 e. The van der Waals surface area contributed by atoms with Crippen molar-refractivity contribution in [2.45, 2.75) is 23.5 Å². The smallest absolute Gasteiger partial charge is 0.210 e. The Kier molecular flexibility index (Phi) is 5.28. The van der Waals surface area contributed by atoms with E-state index in [2.05, 4.69) is 4.72 Å². The lowest BCUT2D eigenvalue weighted by molar-refractivity contribution is 0.578. The molecule has 0 fully saturated rings. The highest BCUT2D eigenvalue weighted by molar-refractivity contribution is 7.91. The van der Waals surface area contributed by atoms with Gasteiger partial charge < -0.3 is 0 Å². The lowest BCUT2D eigenvalue weighted by atomic mass is 10.1. The Labute approximate surface area is 122 Å². The predicted octanol–water partition coefficient (Wildman–Crippen LogP) is 3.19. The van der Waals surface area contributed by atoms with Gasteiger partial charge in [0.1, 0.15) is 10.0 Å². The van der Waals surface area contributed by atoms with Crippen LogP contribution in [0.25, 0.3) is 0 Å². The van der Waals surface area contributed by atoms with Gasteiger partial charge in [0, 0.05) is 6.54 Å². The maximum atomic E-state index is 12.7. The molecule has 0 aliphatic rings. The molecule has 0 saturated carbocycles. The highest BCUT2D eigenvalue weighted by atomic mass is 32.2. The third kappa shape index (κ3) is 4.40. The number of thiophene rings is 1. The van der Waals surface area contributed by atoms with Gasteiger partial charge in [0.2, 0.25) is 10.0 Å². The summed E-state index contributed by atoms with van der Waals surface area (Å²) in [6.07, 6.45) is 2.43. The molecule has 3 nitrogen and oxygen atoms in total. The lowest BCUT2D eigenvalue weighted by Gasteiger charge is -2.05. The minimum atomic E-state index is -3.35. The van der Waals surface area contributed by atoms with Crippen LogP contribution in [0, 0.1) is 5.82 Å². The van der Waals surface area contributed by atoms with Gasteiger partial charge in [0.25, 0.3) is 0 Å². The van der Waals surface area contributed by atoms with Crippen LogP contribution in [0.1, 0.15) is 18.4 Å². The minimum Gasteiger partial charge on any atom is -0.210 e. The molecule has 6 heteroatoms. The monoisotopic (exact) mass is 313 g/mol. The normalized spacial score (nSPS) is 11.7. The van der Waals surface area contributed by atoms with Crippen LogP contribution in [-0.4, -0.2) is 15.0 Å². The molecule has 0 radical (unpaired) electrons. The number of aryl methyl sites for hydroxylation is 1. The maximum Gasteiger partial charge on any atom is 0.250 e. The summed E-state index contributed by atoms with van der Waals surface area (Å²) >= 11 is 1.21. The van der Waals surface area contributed by atoms with E-state index in [1.165, 1.54) is 23.5 Å². The van der Waals surface area contributed by atoms with Crippen molar-refractivity contribution < 1.29 is 12.8 Å². The molecule has 2 aromatic rings. The van der Waals surface area contributed by atoms with Crippen molar-refractivity contribution >= 4 is 21.4 Å². The second kappa shape index (κ2) is 6.97. The number of hydrogen-bond acceptors (Lipinski definition) is 3. The zero-order valence-corrected chi connectivity index (χ0v) is 12.5. The van der Waals surface area contributed by atoms with Crippen molar-refractivity contribution in [1.29, 1.82) is 0 Å². The Morgan fingerprint density at radius 2 is 1.85 bits per heavy atom. The second-order valence-electron chi connectivity index (χ2n) is 4.41. The summed E-state index contributed by atoms with van der Waals surface area (Å²) in [6.45, 7) is 0.418. The Morgan fingerprint density at radius 1 is 1.10 bits per heavy atom. The van der Waals surface area contributed by atoms with E-state index in [0.29, 0.717) is 10.8 Å². The Bertz CT molecular complexity index is 622. The number of unbranched alkanes of at least 4 members (excludes halogenated alkanes) is 1. The van der Waals surface area contributed by atoms with Gasteiger partial charge in [0.05, 0.1) is 0 Å². The lowest BCUT2D eigenvalue weighted by Crippen LogP contribution is -2.24. The van der Waals surface area contributed by atoms with Crippen LogP contribution in [0.2, 0.25) is 0 Å². The van der Waals surface area contributed by atoms with E-state index in [-0.39, 0.29) is 5.82 Å². The van der Waals surface area contributed by atoms with E-state index in [1.54, 1.807) is 29.6 Å². The van der Waals surface area contributed by atoms with Gasteiger partial charge in [-0.2, -0.15) is 0 Å². The van der Waals surface area contributed by atoms with Crippen molar-refractivity contribution in [3.63, 3.8) is 0 Å². The molecule has 0 atom stereocenters. The number of nitrogens with one attached hydrogen (secondary N) is 1. The summed E-state index contributed by atoms with van der Waals surface area (Å²) in [5.41, 5.74) is 1.06. The zero-order valence-electron chi connectivity index (χ0n) is 10.9. The van der Waals surface area contributed by atoms with Crippen LogP contribution in [-0.2, 0) is 16.4 Å². The summed E-state index contributed by atoms with van der Waals surface area (Å²) in [7, 11) is -3.35. The Balaban J connectivity index is 1.71. The molecular formula is C14H16FNO2S2. The predicted molar refractivity (Wildman–Crippen MR) is 78.8 cm³/mol. The van der Waals surface area contributed by atoms with Crippen molar-refractivity contribution in [2.24, 2.45) is 0 Å². The summed E-state index contributed by atoms with van der Waals surface area (Å²) in [4.78, 5) is 0. The molecule has 108 valence electrons. The van der Waals surface area contributed by atoms with Gasteiger partial charge in [-0.15, -0.1) is 11.3 Å². The molecule has 0 saturated heterocycles.